The summed E-state index contributed by atoms with van der Waals surface area (Å²) in [6.07, 6.45) is 2.27. The molecule has 6 aromatic rings. The molecule has 0 aliphatic rings. The molecule has 3 nitrogen and oxygen atoms in total. The molecule has 0 radical (unpaired) electrons. The fraction of sp³-hybridized carbons (Fsp3) is 0.216. The molecule has 0 atom stereocenters. The Labute approximate surface area is 238 Å². The van der Waals surface area contributed by atoms with Crippen molar-refractivity contribution < 1.29 is 4.57 Å². The third-order valence-electron chi connectivity index (χ3n) is 8.09. The highest BCUT2D eigenvalue weighted by Crippen LogP contribution is 2.39. The van der Waals surface area contributed by atoms with Crippen molar-refractivity contribution in [2.45, 2.75) is 46.5 Å². The van der Waals surface area contributed by atoms with Gasteiger partial charge in [-0.05, 0) is 89.0 Å². The maximum absolute atomic E-state index is 2.46. The van der Waals surface area contributed by atoms with Gasteiger partial charge in [0.15, 0.2) is 11.0 Å². The molecule has 0 fully saturated rings. The van der Waals surface area contributed by atoms with Gasteiger partial charge in [-0.25, -0.2) is 4.57 Å². The first-order valence-corrected chi connectivity index (χ1v) is 14.3. The lowest BCUT2D eigenvalue weighted by atomic mass is 9.88. The fourth-order valence-electron chi connectivity index (χ4n) is 6.05. The molecule has 4 aromatic carbocycles. The Morgan fingerprint density at radius 3 is 1.85 bits per heavy atom. The molecular weight excluding hydrogens is 486 g/mol. The fourth-order valence-corrected chi connectivity index (χ4v) is 6.05. The first kappa shape index (κ1) is 25.9. The quantitative estimate of drug-likeness (QED) is 0.193. The van der Waals surface area contributed by atoms with Gasteiger partial charge in [-0.15, -0.1) is 0 Å². The van der Waals surface area contributed by atoms with E-state index in [0.29, 0.717) is 11.8 Å². The maximum atomic E-state index is 2.46. The normalized spacial score (nSPS) is 11.7. The van der Waals surface area contributed by atoms with E-state index in [4.69, 9.17) is 0 Å². The molecule has 0 unspecified atom stereocenters. The Bertz CT molecular complexity index is 1770. The summed E-state index contributed by atoms with van der Waals surface area (Å²) < 4.78 is 7.22. The van der Waals surface area contributed by atoms with E-state index in [9.17, 15) is 0 Å². The first-order chi connectivity index (χ1) is 19.4. The molecular formula is C37H38N3+. The zero-order valence-electron chi connectivity index (χ0n) is 24.4. The molecule has 3 heteroatoms. The van der Waals surface area contributed by atoms with Gasteiger partial charge in [0.2, 0.25) is 0 Å². The largest absolute Gasteiger partial charge is 0.312 e. The predicted molar refractivity (Wildman–Crippen MR) is 168 cm³/mol. The lowest BCUT2D eigenvalue weighted by Crippen LogP contribution is -2.31. The van der Waals surface area contributed by atoms with Crippen molar-refractivity contribution in [3.63, 3.8) is 0 Å². The molecule has 0 aliphatic carbocycles. The molecule has 2 aromatic heterocycles. The maximum Gasteiger partial charge on any atom is 0.312 e. The molecule has 0 saturated carbocycles. The Morgan fingerprint density at radius 1 is 0.650 bits per heavy atom. The van der Waals surface area contributed by atoms with Crippen LogP contribution in [0.2, 0.25) is 0 Å². The molecule has 6 rings (SSSR count). The van der Waals surface area contributed by atoms with Gasteiger partial charge in [-0.3, -0.25) is 0 Å². The van der Waals surface area contributed by atoms with Crippen LogP contribution in [-0.4, -0.2) is 9.13 Å². The van der Waals surface area contributed by atoms with Crippen molar-refractivity contribution in [3.05, 3.63) is 126 Å². The minimum atomic E-state index is 0.362. The van der Waals surface area contributed by atoms with Gasteiger partial charge in [0, 0.05) is 6.20 Å². The molecule has 0 spiro atoms. The van der Waals surface area contributed by atoms with E-state index >= 15 is 0 Å². The standard InChI is InChI=1S/C37H38N3/c1-25(2)31-23-29(28-15-9-7-10-16-28)24-32(26(3)4)36(31)39-22-21-27(5)35(39)37-38(6)33-19-13-14-20-34(33)40(37)30-17-11-8-12-18-30/h7-26H,1-6H3/q+1. The zero-order valence-corrected chi connectivity index (χ0v) is 24.4. The number of nitrogens with zero attached hydrogens (tertiary/aromatic N) is 3. The summed E-state index contributed by atoms with van der Waals surface area (Å²) in [4.78, 5) is 0. The van der Waals surface area contributed by atoms with Crippen LogP contribution >= 0.6 is 0 Å². The number of imidazole rings is 1. The summed E-state index contributed by atoms with van der Waals surface area (Å²) in [7, 11) is 2.19. The van der Waals surface area contributed by atoms with Crippen molar-refractivity contribution in [1.29, 1.82) is 0 Å². The van der Waals surface area contributed by atoms with Crippen LogP contribution in [-0.2, 0) is 7.05 Å². The Morgan fingerprint density at radius 2 is 1.23 bits per heavy atom. The van der Waals surface area contributed by atoms with Gasteiger partial charge >= 0.3 is 5.82 Å². The minimum absolute atomic E-state index is 0.362. The van der Waals surface area contributed by atoms with Crippen molar-refractivity contribution in [2.24, 2.45) is 7.05 Å². The number of hydrogen-bond donors (Lipinski definition) is 0. The summed E-state index contributed by atoms with van der Waals surface area (Å²) in [6, 6.07) is 37.3. The van der Waals surface area contributed by atoms with Crippen LogP contribution in [0.1, 0.15) is 56.2 Å². The van der Waals surface area contributed by atoms with Crippen molar-refractivity contribution in [1.82, 2.24) is 9.13 Å². The average Bonchev–Trinajstić information content (AvgIpc) is 3.49. The number of fused-ring (bicyclic) bond motifs is 1. The van der Waals surface area contributed by atoms with Crippen LogP contribution in [0.5, 0.6) is 0 Å². The Hall–Kier alpha value is -4.37. The number of aromatic nitrogens is 3. The van der Waals surface area contributed by atoms with Crippen LogP contribution in [0.3, 0.4) is 0 Å². The third-order valence-corrected chi connectivity index (χ3v) is 8.09. The van der Waals surface area contributed by atoms with Crippen LogP contribution in [0, 0.1) is 6.92 Å². The molecule has 0 amide bonds. The van der Waals surface area contributed by atoms with E-state index < -0.39 is 0 Å². The lowest BCUT2D eigenvalue weighted by Gasteiger charge is -2.24. The van der Waals surface area contributed by atoms with E-state index in [-0.39, 0.29) is 0 Å². The van der Waals surface area contributed by atoms with Gasteiger partial charge in [-0.1, -0.05) is 88.4 Å². The van der Waals surface area contributed by atoms with Crippen molar-refractivity contribution in [3.8, 4) is 34.0 Å². The molecule has 0 saturated heterocycles. The second-order valence-electron chi connectivity index (χ2n) is 11.4. The van der Waals surface area contributed by atoms with Crippen LogP contribution in [0.4, 0.5) is 0 Å². The Kier molecular flexibility index (Phi) is 6.67. The Balaban J connectivity index is 1.70. The minimum Gasteiger partial charge on any atom is -0.309 e. The van der Waals surface area contributed by atoms with E-state index in [1.54, 1.807) is 0 Å². The first-order valence-electron chi connectivity index (χ1n) is 14.3. The van der Waals surface area contributed by atoms with E-state index in [2.05, 4.69) is 165 Å². The summed E-state index contributed by atoms with van der Waals surface area (Å²) in [5.74, 6) is 1.90. The third kappa shape index (κ3) is 4.26. The highest BCUT2D eigenvalue weighted by Gasteiger charge is 2.31. The van der Waals surface area contributed by atoms with Gasteiger partial charge in [0.1, 0.15) is 11.4 Å². The van der Waals surface area contributed by atoms with Gasteiger partial charge in [-0.2, -0.15) is 4.57 Å². The molecule has 40 heavy (non-hydrogen) atoms. The topological polar surface area (TPSA) is 13.7 Å². The van der Waals surface area contributed by atoms with E-state index in [1.165, 1.54) is 56.1 Å². The molecule has 0 aliphatic heterocycles. The number of para-hydroxylation sites is 3. The summed E-state index contributed by atoms with van der Waals surface area (Å²) >= 11 is 0. The number of hydrogen-bond acceptors (Lipinski definition) is 0. The molecule has 2 heterocycles. The van der Waals surface area contributed by atoms with Gasteiger partial charge < -0.3 is 4.57 Å². The SMILES string of the molecule is Cc1ccn(-c2c(C(C)C)cc(-c3ccccc3)cc2C(C)C)c1-c1n(-c2ccccc2)c2ccccc2[n+]1C. The van der Waals surface area contributed by atoms with E-state index in [1.807, 2.05) is 0 Å². The highest BCUT2D eigenvalue weighted by molar-refractivity contribution is 5.80. The van der Waals surface area contributed by atoms with Gasteiger partial charge in [0.25, 0.3) is 0 Å². The summed E-state index contributed by atoms with van der Waals surface area (Å²) in [5.41, 5.74) is 12.6. The molecule has 200 valence electrons. The van der Waals surface area contributed by atoms with Crippen LogP contribution in [0.25, 0.3) is 45.1 Å². The molecule has 0 bridgehead atoms. The number of rotatable bonds is 6. The predicted octanol–water partition coefficient (Wildman–Crippen LogP) is 9.13. The van der Waals surface area contributed by atoms with Crippen LogP contribution < -0.4 is 4.57 Å². The smallest absolute Gasteiger partial charge is 0.309 e. The van der Waals surface area contributed by atoms with Gasteiger partial charge in [0.05, 0.1) is 12.7 Å². The number of benzene rings is 4. The number of aryl methyl sites for hydroxylation is 2. The summed E-state index contributed by atoms with van der Waals surface area (Å²) in [6.45, 7) is 11.5. The monoisotopic (exact) mass is 524 g/mol. The van der Waals surface area contributed by atoms with Crippen molar-refractivity contribution >= 4 is 11.0 Å². The second-order valence-corrected chi connectivity index (χ2v) is 11.4. The highest BCUT2D eigenvalue weighted by atomic mass is 15.2. The van der Waals surface area contributed by atoms with Crippen LogP contribution in [0.15, 0.2) is 109 Å². The lowest BCUT2D eigenvalue weighted by molar-refractivity contribution is -0.634. The average molecular weight is 525 g/mol. The van der Waals surface area contributed by atoms with E-state index in [0.717, 1.165) is 5.69 Å². The van der Waals surface area contributed by atoms with Crippen molar-refractivity contribution in [2.75, 3.05) is 0 Å². The summed E-state index contributed by atoms with van der Waals surface area (Å²) in [5, 5.41) is 0. The molecule has 0 N–H and O–H groups in total. The zero-order chi connectivity index (χ0) is 28.0. The second kappa shape index (κ2) is 10.3.